The first kappa shape index (κ1) is 12.6. The molecule has 3 heteroatoms. The van der Waals surface area contributed by atoms with E-state index in [2.05, 4.69) is 44.0 Å². The SMILES string of the molecule is Cc1cc(C)c(C)c(-c2n[nH]c(C)c2C=O)c1C. The largest absolute Gasteiger partial charge is 0.298 e. The molecule has 0 bridgehead atoms. The molecule has 0 saturated carbocycles. The van der Waals surface area contributed by atoms with Crippen LogP contribution in [0.2, 0.25) is 0 Å². The third-order valence-electron chi connectivity index (χ3n) is 3.72. The quantitative estimate of drug-likeness (QED) is 0.820. The second kappa shape index (κ2) is 4.41. The Hall–Kier alpha value is -1.90. The van der Waals surface area contributed by atoms with Crippen LogP contribution in [0.5, 0.6) is 0 Å². The van der Waals surface area contributed by atoms with Crippen LogP contribution in [0.3, 0.4) is 0 Å². The second-order valence-corrected chi connectivity index (χ2v) is 4.86. The Morgan fingerprint density at radius 2 is 1.61 bits per heavy atom. The smallest absolute Gasteiger partial charge is 0.154 e. The van der Waals surface area contributed by atoms with Gasteiger partial charge in [0.2, 0.25) is 0 Å². The van der Waals surface area contributed by atoms with E-state index < -0.39 is 0 Å². The van der Waals surface area contributed by atoms with Crippen LogP contribution in [-0.4, -0.2) is 16.5 Å². The summed E-state index contributed by atoms with van der Waals surface area (Å²) in [5, 5.41) is 7.20. The standard InChI is InChI=1S/C15H18N2O/c1-8-6-9(2)11(4)14(10(8)3)15-13(7-18)12(5)16-17-15/h6-7H,1-5H3,(H,16,17). The third kappa shape index (κ3) is 1.76. The summed E-state index contributed by atoms with van der Waals surface area (Å²) in [7, 11) is 0. The van der Waals surface area contributed by atoms with Crippen molar-refractivity contribution in [1.29, 1.82) is 0 Å². The molecule has 2 aromatic rings. The van der Waals surface area contributed by atoms with Gasteiger partial charge < -0.3 is 0 Å². The highest BCUT2D eigenvalue weighted by molar-refractivity contribution is 5.89. The number of hydrogen-bond donors (Lipinski definition) is 1. The van der Waals surface area contributed by atoms with Crippen molar-refractivity contribution >= 4 is 6.29 Å². The fourth-order valence-electron chi connectivity index (χ4n) is 2.34. The first-order valence-electron chi connectivity index (χ1n) is 6.05. The van der Waals surface area contributed by atoms with Crippen LogP contribution in [0, 0.1) is 34.6 Å². The molecule has 1 heterocycles. The van der Waals surface area contributed by atoms with Crippen LogP contribution < -0.4 is 0 Å². The van der Waals surface area contributed by atoms with Crippen molar-refractivity contribution in [2.24, 2.45) is 0 Å². The minimum absolute atomic E-state index is 0.659. The zero-order valence-electron chi connectivity index (χ0n) is 11.5. The van der Waals surface area contributed by atoms with Gasteiger partial charge in [-0.25, -0.2) is 0 Å². The predicted octanol–water partition coefficient (Wildman–Crippen LogP) is 3.43. The van der Waals surface area contributed by atoms with E-state index in [0.29, 0.717) is 5.56 Å². The molecule has 3 nitrogen and oxygen atoms in total. The van der Waals surface area contributed by atoms with Crippen molar-refractivity contribution < 1.29 is 4.79 Å². The van der Waals surface area contributed by atoms with Crippen LogP contribution in [0.25, 0.3) is 11.3 Å². The number of nitrogens with zero attached hydrogens (tertiary/aromatic N) is 1. The Morgan fingerprint density at radius 1 is 1.06 bits per heavy atom. The van der Waals surface area contributed by atoms with E-state index >= 15 is 0 Å². The molecule has 0 amide bonds. The van der Waals surface area contributed by atoms with Crippen molar-refractivity contribution in [3.8, 4) is 11.3 Å². The number of aromatic nitrogens is 2. The topological polar surface area (TPSA) is 45.8 Å². The summed E-state index contributed by atoms with van der Waals surface area (Å²) >= 11 is 0. The molecule has 1 aromatic carbocycles. The molecule has 0 radical (unpaired) electrons. The molecule has 0 aliphatic carbocycles. The van der Waals surface area contributed by atoms with E-state index in [0.717, 1.165) is 23.2 Å². The first-order chi connectivity index (χ1) is 8.47. The summed E-state index contributed by atoms with van der Waals surface area (Å²) in [5.41, 5.74) is 8.16. The highest BCUT2D eigenvalue weighted by Gasteiger charge is 2.17. The highest BCUT2D eigenvalue weighted by Crippen LogP contribution is 2.32. The number of carbonyl (C=O) groups excluding carboxylic acids is 1. The minimum Gasteiger partial charge on any atom is -0.298 e. The van der Waals surface area contributed by atoms with Gasteiger partial charge in [-0.3, -0.25) is 9.89 Å². The summed E-state index contributed by atoms with van der Waals surface area (Å²) in [6.07, 6.45) is 0.880. The summed E-state index contributed by atoms with van der Waals surface area (Å²) in [6, 6.07) is 2.17. The van der Waals surface area contributed by atoms with Crippen molar-refractivity contribution in [2.75, 3.05) is 0 Å². The zero-order valence-corrected chi connectivity index (χ0v) is 11.5. The van der Waals surface area contributed by atoms with E-state index in [-0.39, 0.29) is 0 Å². The van der Waals surface area contributed by atoms with Gasteiger partial charge in [0.15, 0.2) is 6.29 Å². The van der Waals surface area contributed by atoms with Gasteiger partial charge in [0.05, 0.1) is 5.56 Å². The molecule has 0 atom stereocenters. The maximum absolute atomic E-state index is 11.2. The van der Waals surface area contributed by atoms with E-state index in [4.69, 9.17) is 0 Å². The first-order valence-corrected chi connectivity index (χ1v) is 6.05. The number of benzene rings is 1. The van der Waals surface area contributed by atoms with Crippen LogP contribution in [0.15, 0.2) is 6.07 Å². The maximum Gasteiger partial charge on any atom is 0.154 e. The van der Waals surface area contributed by atoms with E-state index in [1.807, 2.05) is 6.92 Å². The van der Waals surface area contributed by atoms with Gasteiger partial charge in [0.25, 0.3) is 0 Å². The van der Waals surface area contributed by atoms with Gasteiger partial charge in [-0.1, -0.05) is 6.07 Å². The Balaban J connectivity index is 2.82. The molecule has 0 aliphatic heterocycles. The third-order valence-corrected chi connectivity index (χ3v) is 3.72. The fraction of sp³-hybridized carbons (Fsp3) is 0.333. The van der Waals surface area contributed by atoms with Crippen LogP contribution >= 0.6 is 0 Å². The summed E-state index contributed by atoms with van der Waals surface area (Å²) in [6.45, 7) is 10.2. The highest BCUT2D eigenvalue weighted by atomic mass is 16.1. The monoisotopic (exact) mass is 242 g/mol. The average molecular weight is 242 g/mol. The normalized spacial score (nSPS) is 10.7. The lowest BCUT2D eigenvalue weighted by Gasteiger charge is -2.14. The predicted molar refractivity (Wildman–Crippen MR) is 73.1 cm³/mol. The molecule has 18 heavy (non-hydrogen) atoms. The molecule has 1 aromatic heterocycles. The van der Waals surface area contributed by atoms with Crippen LogP contribution in [0.1, 0.15) is 38.3 Å². The van der Waals surface area contributed by atoms with Crippen LogP contribution in [0.4, 0.5) is 0 Å². The molecule has 0 unspecified atom stereocenters. The lowest BCUT2D eigenvalue weighted by Crippen LogP contribution is -1.97. The number of aldehydes is 1. The summed E-state index contributed by atoms with van der Waals surface area (Å²) in [5.74, 6) is 0. The van der Waals surface area contributed by atoms with E-state index in [1.54, 1.807) is 0 Å². The molecule has 0 fully saturated rings. The minimum atomic E-state index is 0.659. The number of nitrogens with one attached hydrogen (secondary N) is 1. The Kier molecular flexibility index (Phi) is 3.07. The van der Waals surface area contributed by atoms with Crippen molar-refractivity contribution in [3.63, 3.8) is 0 Å². The Bertz CT molecular complexity index is 598. The van der Waals surface area contributed by atoms with Crippen molar-refractivity contribution in [2.45, 2.75) is 34.6 Å². The van der Waals surface area contributed by atoms with Crippen LogP contribution in [-0.2, 0) is 0 Å². The lowest BCUT2D eigenvalue weighted by molar-refractivity contribution is 0.112. The molecular weight excluding hydrogens is 224 g/mol. The molecule has 94 valence electrons. The zero-order chi connectivity index (χ0) is 13.4. The number of carbonyl (C=O) groups is 1. The number of H-pyrrole nitrogens is 1. The fourth-order valence-corrected chi connectivity index (χ4v) is 2.34. The summed E-state index contributed by atoms with van der Waals surface area (Å²) in [4.78, 5) is 11.2. The van der Waals surface area contributed by atoms with E-state index in [1.165, 1.54) is 22.3 Å². The average Bonchev–Trinajstić information content (AvgIpc) is 2.68. The van der Waals surface area contributed by atoms with Crippen molar-refractivity contribution in [1.82, 2.24) is 10.2 Å². The Morgan fingerprint density at radius 3 is 2.11 bits per heavy atom. The van der Waals surface area contributed by atoms with Gasteiger partial charge >= 0.3 is 0 Å². The number of rotatable bonds is 2. The maximum atomic E-state index is 11.2. The lowest BCUT2D eigenvalue weighted by atomic mass is 9.91. The summed E-state index contributed by atoms with van der Waals surface area (Å²) < 4.78 is 0. The molecule has 0 aliphatic rings. The number of aryl methyl sites for hydroxylation is 3. The van der Waals surface area contributed by atoms with Crippen molar-refractivity contribution in [3.05, 3.63) is 39.6 Å². The number of aromatic amines is 1. The van der Waals surface area contributed by atoms with Gasteiger partial charge in [-0.05, 0) is 56.9 Å². The van der Waals surface area contributed by atoms with E-state index in [9.17, 15) is 4.79 Å². The number of hydrogen-bond acceptors (Lipinski definition) is 2. The van der Waals surface area contributed by atoms with Gasteiger partial charge in [-0.2, -0.15) is 5.10 Å². The molecular formula is C15H18N2O. The Labute approximate surface area is 107 Å². The molecule has 2 rings (SSSR count). The molecule has 0 saturated heterocycles. The van der Waals surface area contributed by atoms with Gasteiger partial charge in [-0.15, -0.1) is 0 Å². The van der Waals surface area contributed by atoms with Gasteiger partial charge in [0, 0.05) is 11.3 Å². The second-order valence-electron chi connectivity index (χ2n) is 4.86. The molecule has 0 spiro atoms. The van der Waals surface area contributed by atoms with Gasteiger partial charge in [0.1, 0.15) is 5.69 Å². The molecule has 1 N–H and O–H groups in total.